The molecule has 3 heterocycles. The largest absolute Gasteiger partial charge is 0.508 e. The summed E-state index contributed by atoms with van der Waals surface area (Å²) in [5.74, 6) is -0.270. The molecule has 0 spiro atoms. The zero-order valence-electron chi connectivity index (χ0n) is 17.3. The SMILES string of the molecule is O=C(NC1CCC(n2ccc3cccnc32)CC1)C1CC(=O)N(c2ccc(O)cc2)C1. The van der Waals surface area contributed by atoms with Crippen LogP contribution in [0, 0.1) is 5.92 Å². The molecule has 7 heteroatoms. The van der Waals surface area contributed by atoms with Crippen LogP contribution in [-0.2, 0) is 9.59 Å². The van der Waals surface area contributed by atoms with Crippen LogP contribution >= 0.6 is 0 Å². The number of pyridine rings is 1. The quantitative estimate of drug-likeness (QED) is 0.680. The standard InChI is InChI=1S/C24H26N4O3/c29-21-9-7-20(8-10-21)28-15-17(14-22(28)30)24(31)26-18-3-5-19(6-4-18)27-13-11-16-2-1-12-25-23(16)27/h1-2,7-13,17-19,29H,3-6,14-15H2,(H,26,31). The molecule has 160 valence electrons. The second-order valence-electron chi connectivity index (χ2n) is 8.58. The minimum atomic E-state index is -0.336. The molecule has 1 atom stereocenters. The van der Waals surface area contributed by atoms with Crippen LogP contribution in [0.15, 0.2) is 54.9 Å². The smallest absolute Gasteiger partial charge is 0.227 e. The maximum absolute atomic E-state index is 12.8. The molecule has 0 bridgehead atoms. The van der Waals surface area contributed by atoms with Crippen molar-refractivity contribution in [3.8, 4) is 5.75 Å². The summed E-state index contributed by atoms with van der Waals surface area (Å²) < 4.78 is 2.26. The number of carbonyl (C=O) groups is 2. The highest BCUT2D eigenvalue weighted by Gasteiger charge is 2.36. The predicted octanol–water partition coefficient (Wildman–Crippen LogP) is 3.39. The second kappa shape index (κ2) is 8.06. The highest BCUT2D eigenvalue weighted by molar-refractivity contribution is 6.00. The average molecular weight is 418 g/mol. The molecule has 1 aliphatic heterocycles. The van der Waals surface area contributed by atoms with Gasteiger partial charge in [0.15, 0.2) is 0 Å². The first-order chi connectivity index (χ1) is 15.1. The van der Waals surface area contributed by atoms with E-state index in [0.717, 1.165) is 36.7 Å². The Labute approximate surface area is 180 Å². The number of aromatic hydroxyl groups is 1. The molecule has 1 aromatic carbocycles. The number of phenolic OH excluding ortho intramolecular Hbond substituents is 1. The fourth-order valence-corrected chi connectivity index (χ4v) is 4.86. The maximum atomic E-state index is 12.8. The number of hydrogen-bond acceptors (Lipinski definition) is 4. The van der Waals surface area contributed by atoms with E-state index < -0.39 is 0 Å². The topological polar surface area (TPSA) is 87.5 Å². The lowest BCUT2D eigenvalue weighted by molar-refractivity contribution is -0.127. The van der Waals surface area contributed by atoms with Crippen molar-refractivity contribution in [3.63, 3.8) is 0 Å². The van der Waals surface area contributed by atoms with Gasteiger partial charge in [0.05, 0.1) is 5.92 Å². The van der Waals surface area contributed by atoms with Crippen LogP contribution in [0.4, 0.5) is 5.69 Å². The van der Waals surface area contributed by atoms with Gasteiger partial charge in [-0.2, -0.15) is 0 Å². The van der Waals surface area contributed by atoms with Crippen LogP contribution in [0.3, 0.4) is 0 Å². The number of benzene rings is 1. The van der Waals surface area contributed by atoms with E-state index in [4.69, 9.17) is 0 Å². The van der Waals surface area contributed by atoms with E-state index in [9.17, 15) is 14.7 Å². The third kappa shape index (κ3) is 3.87. The number of fused-ring (bicyclic) bond motifs is 1. The van der Waals surface area contributed by atoms with Crippen molar-refractivity contribution in [2.75, 3.05) is 11.4 Å². The second-order valence-corrected chi connectivity index (χ2v) is 8.58. The van der Waals surface area contributed by atoms with Crippen molar-refractivity contribution >= 4 is 28.5 Å². The summed E-state index contributed by atoms with van der Waals surface area (Å²) in [6.07, 6.45) is 8.00. The van der Waals surface area contributed by atoms with Crippen LogP contribution in [0.2, 0.25) is 0 Å². The Kier molecular flexibility index (Phi) is 5.10. The monoisotopic (exact) mass is 418 g/mol. The molecular formula is C24H26N4O3. The Bertz CT molecular complexity index is 1100. The first-order valence-electron chi connectivity index (χ1n) is 10.9. The molecule has 2 N–H and O–H groups in total. The summed E-state index contributed by atoms with van der Waals surface area (Å²) in [6.45, 7) is 0.381. The summed E-state index contributed by atoms with van der Waals surface area (Å²) in [5.41, 5.74) is 1.74. The minimum Gasteiger partial charge on any atom is -0.508 e. The Morgan fingerprint density at radius 1 is 1.06 bits per heavy atom. The molecule has 2 aromatic heterocycles. The summed E-state index contributed by atoms with van der Waals surface area (Å²) in [6, 6.07) is 13.2. The van der Waals surface area contributed by atoms with Crippen LogP contribution in [0.1, 0.15) is 38.1 Å². The van der Waals surface area contributed by atoms with Crippen LogP contribution in [0.5, 0.6) is 5.75 Å². The van der Waals surface area contributed by atoms with Gasteiger partial charge in [-0.25, -0.2) is 4.98 Å². The lowest BCUT2D eigenvalue weighted by Gasteiger charge is -2.31. The highest BCUT2D eigenvalue weighted by atomic mass is 16.3. The summed E-state index contributed by atoms with van der Waals surface area (Å²) in [4.78, 5) is 31.4. The number of hydrogen-bond donors (Lipinski definition) is 2. The molecule has 7 nitrogen and oxygen atoms in total. The molecule has 2 amide bonds. The van der Waals surface area contributed by atoms with E-state index in [0.29, 0.717) is 18.3 Å². The third-order valence-corrected chi connectivity index (χ3v) is 6.57. The number of anilines is 1. The summed E-state index contributed by atoms with van der Waals surface area (Å²) in [7, 11) is 0. The number of nitrogens with one attached hydrogen (secondary N) is 1. The molecule has 2 fully saturated rings. The fraction of sp³-hybridized carbons (Fsp3) is 0.375. The molecule has 2 aliphatic rings. The van der Waals surface area contributed by atoms with Gasteiger partial charge >= 0.3 is 0 Å². The molecule has 31 heavy (non-hydrogen) atoms. The minimum absolute atomic E-state index is 0.0360. The van der Waals surface area contributed by atoms with Gasteiger partial charge in [0, 0.05) is 48.5 Å². The number of carbonyl (C=O) groups excluding carboxylic acids is 2. The average Bonchev–Trinajstić information content (AvgIpc) is 3.39. The van der Waals surface area contributed by atoms with Crippen LogP contribution in [-0.4, -0.2) is 39.1 Å². The zero-order chi connectivity index (χ0) is 21.4. The van der Waals surface area contributed by atoms with Gasteiger partial charge in [-0.15, -0.1) is 0 Å². The normalized spacial score (nSPS) is 23.9. The van der Waals surface area contributed by atoms with E-state index in [1.54, 1.807) is 29.2 Å². The number of nitrogens with zero attached hydrogens (tertiary/aromatic N) is 3. The van der Waals surface area contributed by atoms with Gasteiger partial charge in [-0.3, -0.25) is 9.59 Å². The molecule has 1 saturated carbocycles. The molecular weight excluding hydrogens is 392 g/mol. The van der Waals surface area contributed by atoms with Crippen LogP contribution < -0.4 is 10.2 Å². The first kappa shape index (κ1) is 19.6. The molecule has 1 aliphatic carbocycles. The maximum Gasteiger partial charge on any atom is 0.227 e. The lowest BCUT2D eigenvalue weighted by atomic mass is 9.90. The Balaban J connectivity index is 1.17. The Morgan fingerprint density at radius 2 is 1.84 bits per heavy atom. The zero-order valence-corrected chi connectivity index (χ0v) is 17.3. The van der Waals surface area contributed by atoms with Gasteiger partial charge in [-0.1, -0.05) is 0 Å². The van der Waals surface area contributed by atoms with Crippen molar-refractivity contribution in [1.82, 2.24) is 14.9 Å². The van der Waals surface area contributed by atoms with Gasteiger partial charge in [0.25, 0.3) is 0 Å². The van der Waals surface area contributed by atoms with Gasteiger partial charge in [0.2, 0.25) is 11.8 Å². The molecule has 5 rings (SSSR count). The summed E-state index contributed by atoms with van der Waals surface area (Å²) >= 11 is 0. The number of phenols is 1. The van der Waals surface area contributed by atoms with E-state index in [2.05, 4.69) is 33.2 Å². The predicted molar refractivity (Wildman–Crippen MR) is 118 cm³/mol. The highest BCUT2D eigenvalue weighted by Crippen LogP contribution is 2.32. The first-order valence-corrected chi connectivity index (χ1v) is 10.9. The number of amides is 2. The number of aromatic nitrogens is 2. The van der Waals surface area contributed by atoms with Crippen molar-refractivity contribution in [2.24, 2.45) is 5.92 Å². The van der Waals surface area contributed by atoms with Crippen LogP contribution in [0.25, 0.3) is 11.0 Å². The lowest BCUT2D eigenvalue weighted by Crippen LogP contribution is -2.41. The summed E-state index contributed by atoms with van der Waals surface area (Å²) in [5, 5.41) is 13.8. The molecule has 1 unspecified atom stereocenters. The van der Waals surface area contributed by atoms with Crippen molar-refractivity contribution in [3.05, 3.63) is 54.9 Å². The Morgan fingerprint density at radius 3 is 2.61 bits per heavy atom. The van der Waals surface area contributed by atoms with Gasteiger partial charge < -0.3 is 19.9 Å². The van der Waals surface area contributed by atoms with E-state index >= 15 is 0 Å². The molecule has 0 radical (unpaired) electrons. The molecule has 3 aromatic rings. The van der Waals surface area contributed by atoms with Crippen molar-refractivity contribution in [2.45, 2.75) is 44.2 Å². The van der Waals surface area contributed by atoms with E-state index in [1.807, 2.05) is 12.3 Å². The third-order valence-electron chi connectivity index (χ3n) is 6.57. The van der Waals surface area contributed by atoms with E-state index in [-0.39, 0.29) is 35.9 Å². The van der Waals surface area contributed by atoms with Crippen molar-refractivity contribution in [1.29, 1.82) is 0 Å². The van der Waals surface area contributed by atoms with Gasteiger partial charge in [0.1, 0.15) is 11.4 Å². The van der Waals surface area contributed by atoms with Gasteiger partial charge in [-0.05, 0) is 68.1 Å². The Hall–Kier alpha value is -3.35. The fourth-order valence-electron chi connectivity index (χ4n) is 4.86. The molecule has 1 saturated heterocycles. The van der Waals surface area contributed by atoms with Crippen molar-refractivity contribution < 1.29 is 14.7 Å². The number of rotatable bonds is 4. The van der Waals surface area contributed by atoms with E-state index in [1.165, 1.54) is 0 Å².